The minimum Gasteiger partial charge on any atom is -0.356 e. The summed E-state index contributed by atoms with van der Waals surface area (Å²) in [5.41, 5.74) is -0.812. The summed E-state index contributed by atoms with van der Waals surface area (Å²) in [6.07, 6.45) is -0.355. The lowest BCUT2D eigenvalue weighted by Gasteiger charge is -2.29. The topological polar surface area (TPSA) is 52.6 Å². The molecule has 0 saturated carbocycles. The Bertz CT molecular complexity index is 556. The quantitative estimate of drug-likeness (QED) is 0.354. The van der Waals surface area contributed by atoms with Crippen LogP contribution in [0.25, 0.3) is 0 Å². The van der Waals surface area contributed by atoms with Gasteiger partial charge in [0.05, 0.1) is 5.01 Å². The Morgan fingerprint density at radius 1 is 1.31 bits per heavy atom. The predicted octanol–water partition coefficient (Wildman–Crippen LogP) is 3.22. The van der Waals surface area contributed by atoms with Gasteiger partial charge in [-0.15, -0.1) is 35.3 Å². The summed E-state index contributed by atoms with van der Waals surface area (Å²) in [5.74, 6) is 1.43. The van der Waals surface area contributed by atoms with Crippen LogP contribution in [0.1, 0.15) is 30.0 Å². The van der Waals surface area contributed by atoms with E-state index in [1.165, 1.54) is 12.8 Å². The minimum absolute atomic E-state index is 0. The van der Waals surface area contributed by atoms with Crippen molar-refractivity contribution < 1.29 is 13.2 Å². The molecule has 0 spiro atoms. The molecule has 2 rings (SSSR count). The second-order valence-corrected chi connectivity index (χ2v) is 7.28. The van der Waals surface area contributed by atoms with Crippen molar-refractivity contribution in [2.75, 3.05) is 40.3 Å². The van der Waals surface area contributed by atoms with Crippen molar-refractivity contribution in [1.82, 2.24) is 20.5 Å². The molecule has 0 aliphatic carbocycles. The molecule has 10 heteroatoms. The first-order valence-electron chi connectivity index (χ1n) is 8.53. The summed E-state index contributed by atoms with van der Waals surface area (Å²) < 4.78 is 37.6. The SMILES string of the molecule is CN=C(NCCc1nc(C(F)(F)F)cs1)NCCC1CCN(C)CC1.I. The largest absolute Gasteiger partial charge is 0.434 e. The van der Waals surface area contributed by atoms with Crippen molar-refractivity contribution in [3.8, 4) is 0 Å². The number of aliphatic imine (C=N–C) groups is 1. The molecule has 150 valence electrons. The molecular formula is C16H27F3IN5S. The number of piperidine rings is 1. The molecule has 1 fully saturated rings. The highest BCUT2D eigenvalue weighted by Gasteiger charge is 2.33. The van der Waals surface area contributed by atoms with Gasteiger partial charge in [0.2, 0.25) is 0 Å². The van der Waals surface area contributed by atoms with Gasteiger partial charge in [0.15, 0.2) is 11.7 Å². The zero-order chi connectivity index (χ0) is 18.3. The van der Waals surface area contributed by atoms with E-state index in [1.54, 1.807) is 7.05 Å². The second kappa shape index (κ2) is 11.3. The van der Waals surface area contributed by atoms with Crippen LogP contribution in [0.5, 0.6) is 0 Å². The maximum atomic E-state index is 12.5. The van der Waals surface area contributed by atoms with Gasteiger partial charge in [0.1, 0.15) is 0 Å². The second-order valence-electron chi connectivity index (χ2n) is 6.34. The van der Waals surface area contributed by atoms with Gasteiger partial charge < -0.3 is 15.5 Å². The summed E-state index contributed by atoms with van der Waals surface area (Å²) >= 11 is 1.04. The first-order chi connectivity index (χ1) is 11.9. The van der Waals surface area contributed by atoms with Gasteiger partial charge in [-0.3, -0.25) is 4.99 Å². The zero-order valence-corrected chi connectivity index (χ0v) is 18.3. The molecule has 5 nitrogen and oxygen atoms in total. The monoisotopic (exact) mass is 505 g/mol. The van der Waals surface area contributed by atoms with Gasteiger partial charge in [-0.25, -0.2) is 4.98 Å². The lowest BCUT2D eigenvalue weighted by molar-refractivity contribution is -0.140. The number of hydrogen-bond donors (Lipinski definition) is 2. The molecule has 0 amide bonds. The molecule has 0 unspecified atom stereocenters. The fourth-order valence-electron chi connectivity index (χ4n) is 2.81. The molecular weight excluding hydrogens is 478 g/mol. The Labute approximate surface area is 173 Å². The van der Waals surface area contributed by atoms with Gasteiger partial charge >= 0.3 is 6.18 Å². The number of guanidine groups is 1. The fourth-order valence-corrected chi connectivity index (χ4v) is 3.61. The molecule has 2 N–H and O–H groups in total. The van der Waals surface area contributed by atoms with Crippen LogP contribution in [0.4, 0.5) is 13.2 Å². The molecule has 1 aliphatic rings. The molecule has 0 atom stereocenters. The Morgan fingerprint density at radius 3 is 2.54 bits per heavy atom. The van der Waals surface area contributed by atoms with E-state index in [-0.39, 0.29) is 24.0 Å². The number of aromatic nitrogens is 1. The highest BCUT2D eigenvalue weighted by atomic mass is 127. The van der Waals surface area contributed by atoms with E-state index in [4.69, 9.17) is 0 Å². The van der Waals surface area contributed by atoms with Gasteiger partial charge in [0.25, 0.3) is 0 Å². The van der Waals surface area contributed by atoms with Gasteiger partial charge in [-0.1, -0.05) is 0 Å². The number of hydrogen-bond acceptors (Lipinski definition) is 4. The summed E-state index contributed by atoms with van der Waals surface area (Å²) in [6, 6.07) is 0. The van der Waals surface area contributed by atoms with E-state index in [1.807, 2.05) is 0 Å². The average Bonchev–Trinajstić information content (AvgIpc) is 3.04. The van der Waals surface area contributed by atoms with Crippen molar-refractivity contribution >= 4 is 41.3 Å². The standard InChI is InChI=1S/C16H26F3N5S.HI/c1-20-15(21-7-3-12-5-9-24(2)10-6-12)22-8-4-14-23-13(11-25-14)16(17,18)19;/h11-12H,3-10H2,1-2H3,(H2,20,21,22);1H. The fraction of sp³-hybridized carbons (Fsp3) is 0.750. The first kappa shape index (κ1) is 23.4. The Balaban J connectivity index is 0.00000338. The summed E-state index contributed by atoms with van der Waals surface area (Å²) in [5, 5.41) is 7.93. The number of thiazole rings is 1. The molecule has 26 heavy (non-hydrogen) atoms. The van der Waals surface area contributed by atoms with E-state index in [0.717, 1.165) is 48.7 Å². The highest BCUT2D eigenvalue weighted by molar-refractivity contribution is 14.0. The smallest absolute Gasteiger partial charge is 0.356 e. The number of nitrogens with one attached hydrogen (secondary N) is 2. The van der Waals surface area contributed by atoms with Crippen molar-refractivity contribution in [3.05, 3.63) is 16.1 Å². The summed E-state index contributed by atoms with van der Waals surface area (Å²) in [6.45, 7) is 3.67. The maximum absolute atomic E-state index is 12.5. The third-order valence-electron chi connectivity index (χ3n) is 4.38. The molecule has 1 saturated heterocycles. The Hall–Kier alpha value is -0.620. The van der Waals surface area contributed by atoms with Crippen molar-refractivity contribution in [2.45, 2.75) is 31.9 Å². The molecule has 1 aliphatic heterocycles. The normalized spacial score (nSPS) is 17.0. The van der Waals surface area contributed by atoms with Crippen LogP contribution < -0.4 is 10.6 Å². The van der Waals surface area contributed by atoms with Crippen LogP contribution in [0.3, 0.4) is 0 Å². The van der Waals surface area contributed by atoms with E-state index in [0.29, 0.717) is 23.9 Å². The molecule has 0 radical (unpaired) electrons. The Kier molecular flexibility index (Phi) is 10.2. The number of nitrogens with zero attached hydrogens (tertiary/aromatic N) is 3. The molecule has 1 aromatic rings. The number of rotatable bonds is 6. The van der Waals surface area contributed by atoms with E-state index < -0.39 is 11.9 Å². The van der Waals surface area contributed by atoms with E-state index in [9.17, 15) is 13.2 Å². The van der Waals surface area contributed by atoms with Crippen molar-refractivity contribution in [3.63, 3.8) is 0 Å². The van der Waals surface area contributed by atoms with Gasteiger partial charge in [-0.05, 0) is 45.3 Å². The number of halogens is 4. The minimum atomic E-state index is -4.37. The molecule has 2 heterocycles. The third-order valence-corrected chi connectivity index (χ3v) is 5.29. The Morgan fingerprint density at radius 2 is 1.96 bits per heavy atom. The highest BCUT2D eigenvalue weighted by Crippen LogP contribution is 2.30. The molecule has 1 aromatic heterocycles. The molecule has 0 bridgehead atoms. The summed E-state index contributed by atoms with van der Waals surface area (Å²) in [7, 11) is 3.84. The van der Waals surface area contributed by atoms with Crippen molar-refractivity contribution in [2.24, 2.45) is 10.9 Å². The van der Waals surface area contributed by atoms with Crippen LogP contribution >= 0.6 is 35.3 Å². The maximum Gasteiger partial charge on any atom is 0.434 e. The van der Waals surface area contributed by atoms with Crippen molar-refractivity contribution in [1.29, 1.82) is 0 Å². The average molecular weight is 505 g/mol. The van der Waals surface area contributed by atoms with Gasteiger partial charge in [-0.2, -0.15) is 13.2 Å². The number of likely N-dealkylation sites (tertiary alicyclic amines) is 1. The van der Waals surface area contributed by atoms with E-state index >= 15 is 0 Å². The van der Waals surface area contributed by atoms with Crippen LogP contribution in [-0.2, 0) is 12.6 Å². The van der Waals surface area contributed by atoms with Gasteiger partial charge in [0, 0.05) is 31.9 Å². The lowest BCUT2D eigenvalue weighted by Crippen LogP contribution is -2.39. The number of alkyl halides is 3. The predicted molar refractivity (Wildman–Crippen MR) is 110 cm³/mol. The van der Waals surface area contributed by atoms with Crippen LogP contribution in [0, 0.1) is 5.92 Å². The van der Waals surface area contributed by atoms with E-state index in [2.05, 4.69) is 32.6 Å². The van der Waals surface area contributed by atoms with Crippen LogP contribution in [-0.4, -0.2) is 56.1 Å². The summed E-state index contributed by atoms with van der Waals surface area (Å²) in [4.78, 5) is 10.1. The first-order valence-corrected chi connectivity index (χ1v) is 9.41. The van der Waals surface area contributed by atoms with Crippen LogP contribution in [0.15, 0.2) is 10.4 Å². The molecule has 0 aromatic carbocycles. The lowest BCUT2D eigenvalue weighted by atomic mass is 9.94. The third kappa shape index (κ3) is 7.95. The van der Waals surface area contributed by atoms with Crippen LogP contribution in [0.2, 0.25) is 0 Å². The zero-order valence-electron chi connectivity index (χ0n) is 15.1.